The Balaban J connectivity index is 1.86. The van der Waals surface area contributed by atoms with Crippen molar-refractivity contribution < 1.29 is 27.5 Å². The standard InChI is InChI=1S/C26H30Cl2N4O6S/c1-15(2)30-14-24-31(39(36,37)23-12-19(28)9-10-22(23)38-4)13-20(29-16(3)33)25(34)32(24)21(26(30)35)11-17-5-7-18(27)8-6-17/h5-10,12,15,20-21,24H,11,13-14H2,1-4H3,(H,29,33). The second-order valence-corrected chi connectivity index (χ2v) is 12.5. The molecule has 3 atom stereocenters. The van der Waals surface area contributed by atoms with Crippen LogP contribution < -0.4 is 10.1 Å². The largest absolute Gasteiger partial charge is 0.495 e. The second kappa shape index (κ2) is 11.3. The summed E-state index contributed by atoms with van der Waals surface area (Å²) in [6, 6.07) is 8.62. The van der Waals surface area contributed by atoms with Crippen molar-refractivity contribution in [3.8, 4) is 5.75 Å². The molecule has 0 radical (unpaired) electrons. The van der Waals surface area contributed by atoms with Gasteiger partial charge in [-0.15, -0.1) is 0 Å². The van der Waals surface area contributed by atoms with Crippen molar-refractivity contribution in [1.82, 2.24) is 19.4 Å². The van der Waals surface area contributed by atoms with Crippen LogP contribution in [0.1, 0.15) is 26.3 Å². The maximum Gasteiger partial charge on any atom is 0.248 e. The summed E-state index contributed by atoms with van der Waals surface area (Å²) in [4.78, 5) is 42.3. The number of rotatable bonds is 7. The van der Waals surface area contributed by atoms with Crippen LogP contribution in [0.2, 0.25) is 10.0 Å². The van der Waals surface area contributed by atoms with E-state index in [1.807, 2.05) is 13.8 Å². The number of hydrogen-bond donors (Lipinski definition) is 1. The topological polar surface area (TPSA) is 116 Å². The van der Waals surface area contributed by atoms with Crippen LogP contribution in [-0.4, -0.2) is 84.7 Å². The number of sulfonamides is 1. The van der Waals surface area contributed by atoms with Gasteiger partial charge in [-0.25, -0.2) is 8.42 Å². The Morgan fingerprint density at radius 1 is 1.05 bits per heavy atom. The molecular formula is C26H30Cl2N4O6S. The van der Waals surface area contributed by atoms with Crippen LogP contribution in [0.5, 0.6) is 5.75 Å². The first-order valence-corrected chi connectivity index (χ1v) is 14.5. The Hall–Kier alpha value is -2.86. The maximum absolute atomic E-state index is 14.2. The highest BCUT2D eigenvalue weighted by molar-refractivity contribution is 7.89. The van der Waals surface area contributed by atoms with E-state index in [-0.39, 0.29) is 47.1 Å². The number of ether oxygens (including phenoxy) is 1. The predicted octanol–water partition coefficient (Wildman–Crippen LogP) is 2.53. The summed E-state index contributed by atoms with van der Waals surface area (Å²) in [5, 5.41) is 3.26. The molecule has 2 aromatic rings. The lowest BCUT2D eigenvalue weighted by Crippen LogP contribution is -2.76. The fourth-order valence-electron chi connectivity index (χ4n) is 5.05. The monoisotopic (exact) mass is 596 g/mol. The molecule has 1 N–H and O–H groups in total. The van der Waals surface area contributed by atoms with Gasteiger partial charge in [-0.05, 0) is 49.7 Å². The van der Waals surface area contributed by atoms with Gasteiger partial charge in [-0.1, -0.05) is 35.3 Å². The molecule has 3 amide bonds. The third-order valence-corrected chi connectivity index (χ3v) is 9.26. The highest BCUT2D eigenvalue weighted by atomic mass is 35.5. The van der Waals surface area contributed by atoms with Crippen LogP contribution in [0.25, 0.3) is 0 Å². The van der Waals surface area contributed by atoms with Crippen molar-refractivity contribution in [2.45, 2.75) is 56.4 Å². The van der Waals surface area contributed by atoms with Crippen molar-refractivity contribution in [1.29, 1.82) is 0 Å². The zero-order chi connectivity index (χ0) is 28.6. The van der Waals surface area contributed by atoms with Gasteiger partial charge in [-0.2, -0.15) is 4.31 Å². The number of methoxy groups -OCH3 is 1. The van der Waals surface area contributed by atoms with E-state index in [1.165, 1.54) is 37.1 Å². The van der Waals surface area contributed by atoms with Gasteiger partial charge in [0.05, 0.1) is 13.7 Å². The molecule has 210 valence electrons. The van der Waals surface area contributed by atoms with Crippen LogP contribution in [-0.2, 0) is 30.8 Å². The van der Waals surface area contributed by atoms with Gasteiger partial charge < -0.3 is 19.9 Å². The molecule has 0 aliphatic carbocycles. The lowest BCUT2D eigenvalue weighted by molar-refractivity contribution is -0.169. The third kappa shape index (κ3) is 5.72. The fourth-order valence-corrected chi connectivity index (χ4v) is 7.18. The predicted molar refractivity (Wildman–Crippen MR) is 146 cm³/mol. The summed E-state index contributed by atoms with van der Waals surface area (Å²) < 4.78 is 34.9. The van der Waals surface area contributed by atoms with E-state index >= 15 is 0 Å². The minimum atomic E-state index is -4.34. The number of amides is 3. The summed E-state index contributed by atoms with van der Waals surface area (Å²) in [5.74, 6) is -1.28. The molecule has 2 aromatic carbocycles. The van der Waals surface area contributed by atoms with Gasteiger partial charge in [0.15, 0.2) is 0 Å². The molecule has 2 heterocycles. The minimum absolute atomic E-state index is 0.0474. The molecule has 10 nitrogen and oxygen atoms in total. The van der Waals surface area contributed by atoms with Gasteiger partial charge in [-0.3, -0.25) is 14.4 Å². The van der Waals surface area contributed by atoms with E-state index in [0.29, 0.717) is 5.02 Å². The minimum Gasteiger partial charge on any atom is -0.495 e. The van der Waals surface area contributed by atoms with Crippen molar-refractivity contribution in [3.05, 3.63) is 58.1 Å². The Bertz CT molecular complexity index is 1390. The summed E-state index contributed by atoms with van der Waals surface area (Å²) in [7, 11) is -2.99. The van der Waals surface area contributed by atoms with Gasteiger partial charge in [0.25, 0.3) is 0 Å². The number of carbonyl (C=O) groups excluding carboxylic acids is 3. The Kier molecular flexibility index (Phi) is 8.46. The van der Waals surface area contributed by atoms with Crippen LogP contribution in [0.3, 0.4) is 0 Å². The number of hydrogen-bond acceptors (Lipinski definition) is 6. The van der Waals surface area contributed by atoms with Crippen molar-refractivity contribution >= 4 is 50.9 Å². The normalized spacial score (nSPS) is 22.2. The number of piperazine rings is 1. The van der Waals surface area contributed by atoms with Crippen molar-refractivity contribution in [3.63, 3.8) is 0 Å². The SMILES string of the molecule is COc1ccc(Cl)cc1S(=O)(=O)N1CC(NC(C)=O)C(=O)N2C(Cc3ccc(Cl)cc3)C(=O)N(C(C)C)CC21. The summed E-state index contributed by atoms with van der Waals surface area (Å²) in [5.41, 5.74) is 0.738. The lowest BCUT2D eigenvalue weighted by Gasteiger charge is -2.54. The van der Waals surface area contributed by atoms with E-state index < -0.39 is 40.1 Å². The molecule has 4 rings (SSSR count). The second-order valence-electron chi connectivity index (χ2n) is 9.78. The Morgan fingerprint density at radius 2 is 1.69 bits per heavy atom. The number of fused-ring (bicyclic) bond motifs is 1. The van der Waals surface area contributed by atoms with Gasteiger partial charge in [0, 0.05) is 36.0 Å². The van der Waals surface area contributed by atoms with Crippen LogP contribution in [0.15, 0.2) is 47.4 Å². The number of halogens is 2. The molecule has 2 aliphatic heterocycles. The molecule has 13 heteroatoms. The smallest absolute Gasteiger partial charge is 0.248 e. The highest BCUT2D eigenvalue weighted by Crippen LogP contribution is 2.36. The summed E-state index contributed by atoms with van der Waals surface area (Å²) in [6.07, 6.45) is -0.906. The van der Waals surface area contributed by atoms with E-state index in [0.717, 1.165) is 9.87 Å². The quantitative estimate of drug-likeness (QED) is 0.525. The molecule has 2 saturated heterocycles. The van der Waals surface area contributed by atoms with Crippen molar-refractivity contribution in [2.75, 3.05) is 20.2 Å². The number of nitrogens with zero attached hydrogens (tertiary/aromatic N) is 3. The van der Waals surface area contributed by atoms with Gasteiger partial charge in [0.1, 0.15) is 28.9 Å². The zero-order valence-corrected chi connectivity index (χ0v) is 24.3. The summed E-state index contributed by atoms with van der Waals surface area (Å²) >= 11 is 12.2. The average molecular weight is 598 g/mol. The molecule has 39 heavy (non-hydrogen) atoms. The molecule has 2 fully saturated rings. The number of nitrogens with one attached hydrogen (secondary N) is 1. The molecule has 0 aromatic heterocycles. The van der Waals surface area contributed by atoms with E-state index in [2.05, 4.69) is 5.32 Å². The lowest BCUT2D eigenvalue weighted by atomic mass is 9.96. The van der Waals surface area contributed by atoms with Crippen molar-refractivity contribution in [2.24, 2.45) is 0 Å². The van der Waals surface area contributed by atoms with E-state index in [4.69, 9.17) is 27.9 Å². The van der Waals surface area contributed by atoms with Crippen LogP contribution in [0.4, 0.5) is 0 Å². The molecular weight excluding hydrogens is 567 g/mol. The van der Waals surface area contributed by atoms with Gasteiger partial charge in [0.2, 0.25) is 27.7 Å². The summed E-state index contributed by atoms with van der Waals surface area (Å²) in [6.45, 7) is 4.53. The molecule has 0 spiro atoms. The highest BCUT2D eigenvalue weighted by Gasteiger charge is 2.54. The zero-order valence-electron chi connectivity index (χ0n) is 21.9. The Morgan fingerprint density at radius 3 is 2.28 bits per heavy atom. The maximum atomic E-state index is 14.2. The molecule has 0 bridgehead atoms. The molecule has 0 saturated carbocycles. The van der Waals surface area contributed by atoms with Crippen LogP contribution >= 0.6 is 23.2 Å². The first kappa shape index (κ1) is 29.1. The first-order chi connectivity index (χ1) is 18.3. The molecule has 2 aliphatic rings. The van der Waals surface area contributed by atoms with Crippen LogP contribution in [0, 0.1) is 0 Å². The molecule has 3 unspecified atom stereocenters. The van der Waals surface area contributed by atoms with E-state index in [9.17, 15) is 22.8 Å². The Labute approximate surface area is 237 Å². The number of carbonyl (C=O) groups is 3. The first-order valence-electron chi connectivity index (χ1n) is 12.3. The van der Waals surface area contributed by atoms with Gasteiger partial charge >= 0.3 is 0 Å². The van der Waals surface area contributed by atoms with E-state index in [1.54, 1.807) is 29.2 Å². The average Bonchev–Trinajstić information content (AvgIpc) is 2.87. The fraction of sp³-hybridized carbons (Fsp3) is 0.423. The number of benzene rings is 2. The third-order valence-electron chi connectivity index (χ3n) is 6.89.